The van der Waals surface area contributed by atoms with E-state index in [0.29, 0.717) is 6.42 Å². The Balaban J connectivity index is 1.96. The molecule has 1 heterocycles. The quantitative estimate of drug-likeness (QED) is 0.773. The zero-order chi connectivity index (χ0) is 14.8. The summed E-state index contributed by atoms with van der Waals surface area (Å²) in [5.41, 5.74) is 2.19. The molecule has 0 spiro atoms. The van der Waals surface area contributed by atoms with Crippen LogP contribution >= 0.6 is 11.6 Å². The van der Waals surface area contributed by atoms with Crippen LogP contribution in [0.3, 0.4) is 0 Å². The third-order valence-corrected chi connectivity index (χ3v) is 3.39. The van der Waals surface area contributed by atoms with Crippen molar-refractivity contribution in [3.05, 3.63) is 29.3 Å². The van der Waals surface area contributed by atoms with Gasteiger partial charge in [0, 0.05) is 25.4 Å². The van der Waals surface area contributed by atoms with E-state index in [1.165, 1.54) is 4.90 Å². The van der Waals surface area contributed by atoms with Gasteiger partial charge in [0.05, 0.1) is 6.54 Å². The molecule has 112 valence electrons. The molecule has 1 aromatic rings. The molecular formula is C14H17ClF3NO. The van der Waals surface area contributed by atoms with E-state index >= 15 is 0 Å². The van der Waals surface area contributed by atoms with Crippen LogP contribution in [0.1, 0.15) is 11.1 Å². The molecule has 1 atom stereocenters. The van der Waals surface area contributed by atoms with Crippen molar-refractivity contribution in [1.29, 1.82) is 0 Å². The van der Waals surface area contributed by atoms with Crippen LogP contribution in [0.2, 0.25) is 0 Å². The highest BCUT2D eigenvalue weighted by molar-refractivity contribution is 6.18. The van der Waals surface area contributed by atoms with Gasteiger partial charge in [0.15, 0.2) is 0 Å². The average molecular weight is 308 g/mol. The van der Waals surface area contributed by atoms with Crippen LogP contribution in [-0.4, -0.2) is 42.7 Å². The van der Waals surface area contributed by atoms with Crippen LogP contribution in [0.25, 0.3) is 0 Å². The van der Waals surface area contributed by atoms with Crippen LogP contribution in [0.5, 0.6) is 5.75 Å². The van der Waals surface area contributed by atoms with Crippen LogP contribution in [0, 0.1) is 6.92 Å². The first-order chi connectivity index (χ1) is 9.37. The largest absolute Gasteiger partial charge is 0.488 e. The predicted octanol–water partition coefficient (Wildman–Crippen LogP) is 3.40. The lowest BCUT2D eigenvalue weighted by Crippen LogP contribution is -2.41. The minimum absolute atomic E-state index is 0.175. The van der Waals surface area contributed by atoms with E-state index in [0.717, 1.165) is 16.9 Å². The maximum Gasteiger partial charge on any atom is 0.401 e. The normalized spacial score (nSPS) is 18.2. The molecule has 0 bridgehead atoms. The van der Waals surface area contributed by atoms with E-state index in [1.807, 2.05) is 25.1 Å². The molecule has 6 heteroatoms. The van der Waals surface area contributed by atoms with E-state index in [-0.39, 0.29) is 25.1 Å². The monoisotopic (exact) mass is 307 g/mol. The smallest absolute Gasteiger partial charge is 0.401 e. The van der Waals surface area contributed by atoms with Crippen molar-refractivity contribution in [2.24, 2.45) is 0 Å². The van der Waals surface area contributed by atoms with Crippen molar-refractivity contribution in [1.82, 2.24) is 4.90 Å². The van der Waals surface area contributed by atoms with Crippen LogP contribution in [0.15, 0.2) is 18.2 Å². The summed E-state index contributed by atoms with van der Waals surface area (Å²) in [4.78, 5) is 1.30. The number of fused-ring (bicyclic) bond motifs is 1. The van der Waals surface area contributed by atoms with E-state index in [2.05, 4.69) is 0 Å². The number of nitrogens with zero attached hydrogens (tertiary/aromatic N) is 1. The minimum atomic E-state index is -4.21. The van der Waals surface area contributed by atoms with Gasteiger partial charge in [-0.25, -0.2) is 0 Å². The van der Waals surface area contributed by atoms with Crippen molar-refractivity contribution < 1.29 is 17.9 Å². The molecule has 1 aliphatic heterocycles. The van der Waals surface area contributed by atoms with Crippen LogP contribution in [-0.2, 0) is 6.42 Å². The number of halogens is 4. The second-order valence-electron chi connectivity index (χ2n) is 5.09. The number of hydrogen-bond acceptors (Lipinski definition) is 2. The third-order valence-electron chi connectivity index (χ3n) is 3.22. The van der Waals surface area contributed by atoms with Crippen molar-refractivity contribution in [3.63, 3.8) is 0 Å². The molecule has 0 N–H and O–H groups in total. The van der Waals surface area contributed by atoms with Crippen molar-refractivity contribution >= 4 is 11.6 Å². The van der Waals surface area contributed by atoms with E-state index in [1.54, 1.807) is 0 Å². The standard InChI is InChI=1S/C14H17ClF3NO/c1-10-2-3-13-11(6-10)7-12(20-13)8-19(5-4-15)9-14(16,17)18/h2-3,6,12H,4-5,7-9H2,1H3. The summed E-state index contributed by atoms with van der Waals surface area (Å²) in [7, 11) is 0. The summed E-state index contributed by atoms with van der Waals surface area (Å²) in [6.45, 7) is 1.47. The second-order valence-corrected chi connectivity index (χ2v) is 5.47. The maximum atomic E-state index is 12.5. The van der Waals surface area contributed by atoms with E-state index < -0.39 is 12.7 Å². The van der Waals surface area contributed by atoms with Gasteiger partial charge in [-0.15, -0.1) is 11.6 Å². The highest BCUT2D eigenvalue weighted by Gasteiger charge is 2.33. The molecule has 1 aromatic carbocycles. The summed E-state index contributed by atoms with van der Waals surface area (Å²) in [6.07, 6.45) is -3.81. The molecule has 2 nitrogen and oxygen atoms in total. The summed E-state index contributed by atoms with van der Waals surface area (Å²) >= 11 is 5.57. The third kappa shape index (κ3) is 4.28. The predicted molar refractivity (Wildman–Crippen MR) is 72.5 cm³/mol. The first-order valence-electron chi connectivity index (χ1n) is 6.48. The van der Waals surface area contributed by atoms with Crippen LogP contribution in [0.4, 0.5) is 13.2 Å². The summed E-state index contributed by atoms with van der Waals surface area (Å²) in [6, 6.07) is 5.83. The van der Waals surface area contributed by atoms with Gasteiger partial charge in [-0.2, -0.15) is 13.2 Å². The van der Waals surface area contributed by atoms with Crippen molar-refractivity contribution in [2.75, 3.05) is 25.5 Å². The van der Waals surface area contributed by atoms with Crippen LogP contribution < -0.4 is 4.74 Å². The molecule has 0 aromatic heterocycles. The number of hydrogen-bond donors (Lipinski definition) is 0. The van der Waals surface area contributed by atoms with Gasteiger partial charge in [-0.1, -0.05) is 17.7 Å². The number of aryl methyl sites for hydroxylation is 1. The topological polar surface area (TPSA) is 12.5 Å². The highest BCUT2D eigenvalue weighted by Crippen LogP contribution is 2.30. The SMILES string of the molecule is Cc1ccc2c(c1)CC(CN(CCCl)CC(F)(F)F)O2. The average Bonchev–Trinajstić information content (AvgIpc) is 2.68. The minimum Gasteiger partial charge on any atom is -0.488 e. The Hall–Kier alpha value is -0.940. The second kappa shape index (κ2) is 6.22. The summed E-state index contributed by atoms with van der Waals surface area (Å²) in [5.74, 6) is 0.952. The van der Waals surface area contributed by atoms with Crippen molar-refractivity contribution in [3.8, 4) is 5.75 Å². The fourth-order valence-corrected chi connectivity index (χ4v) is 2.69. The molecule has 2 rings (SSSR count). The Morgan fingerprint density at radius 2 is 2.15 bits per heavy atom. The van der Waals surface area contributed by atoms with Gasteiger partial charge in [-0.05, 0) is 18.6 Å². The fourth-order valence-electron chi connectivity index (χ4n) is 2.45. The lowest BCUT2D eigenvalue weighted by molar-refractivity contribution is -0.147. The zero-order valence-electron chi connectivity index (χ0n) is 11.2. The van der Waals surface area contributed by atoms with E-state index in [9.17, 15) is 13.2 Å². The number of benzene rings is 1. The Labute approximate surface area is 121 Å². The number of rotatable bonds is 5. The molecular weight excluding hydrogens is 291 g/mol. The van der Waals surface area contributed by atoms with Gasteiger partial charge in [0.2, 0.25) is 0 Å². The molecule has 0 fully saturated rings. The Morgan fingerprint density at radius 1 is 1.40 bits per heavy atom. The lowest BCUT2D eigenvalue weighted by Gasteiger charge is -2.25. The molecule has 20 heavy (non-hydrogen) atoms. The Morgan fingerprint density at radius 3 is 2.80 bits per heavy atom. The van der Waals surface area contributed by atoms with Crippen molar-refractivity contribution in [2.45, 2.75) is 25.6 Å². The molecule has 1 unspecified atom stereocenters. The lowest BCUT2D eigenvalue weighted by atomic mass is 10.1. The molecule has 0 amide bonds. The van der Waals surface area contributed by atoms with Gasteiger partial charge in [-0.3, -0.25) is 4.90 Å². The van der Waals surface area contributed by atoms with Gasteiger partial charge >= 0.3 is 6.18 Å². The Kier molecular flexibility index (Phi) is 4.81. The highest BCUT2D eigenvalue weighted by atomic mass is 35.5. The maximum absolute atomic E-state index is 12.5. The summed E-state index contributed by atoms with van der Waals surface area (Å²) < 4.78 is 43.2. The fraction of sp³-hybridized carbons (Fsp3) is 0.571. The number of alkyl halides is 4. The zero-order valence-corrected chi connectivity index (χ0v) is 12.0. The Bertz CT molecular complexity index is 464. The molecule has 0 aliphatic carbocycles. The molecule has 0 saturated carbocycles. The molecule has 0 saturated heterocycles. The molecule has 0 radical (unpaired) electrons. The van der Waals surface area contributed by atoms with Gasteiger partial charge in [0.25, 0.3) is 0 Å². The van der Waals surface area contributed by atoms with Gasteiger partial charge < -0.3 is 4.74 Å². The first kappa shape index (κ1) is 15.4. The number of ether oxygens (including phenoxy) is 1. The molecule has 1 aliphatic rings. The van der Waals surface area contributed by atoms with Gasteiger partial charge in [0.1, 0.15) is 11.9 Å². The first-order valence-corrected chi connectivity index (χ1v) is 7.02. The summed E-state index contributed by atoms with van der Waals surface area (Å²) in [5, 5.41) is 0. The van der Waals surface area contributed by atoms with E-state index in [4.69, 9.17) is 16.3 Å².